The predicted molar refractivity (Wildman–Crippen MR) is 81.1 cm³/mol. The zero-order valence-electron chi connectivity index (χ0n) is 12.2. The monoisotopic (exact) mass is 311 g/mol. The van der Waals surface area contributed by atoms with Gasteiger partial charge in [-0.2, -0.15) is 0 Å². The van der Waals surface area contributed by atoms with Crippen LogP contribution < -0.4 is 5.73 Å². The number of anilines is 1. The van der Waals surface area contributed by atoms with Crippen molar-refractivity contribution in [2.75, 3.05) is 12.3 Å². The largest absolute Gasteiger partial charge is 0.459 e. The molecule has 0 aromatic heterocycles. The molecular formula is C15H18ClNO4. The third kappa shape index (κ3) is 4.79. The summed E-state index contributed by atoms with van der Waals surface area (Å²) in [5.41, 5.74) is 4.66. The normalized spacial score (nSPS) is 11.4. The van der Waals surface area contributed by atoms with E-state index in [0.29, 0.717) is 5.69 Å². The smallest absolute Gasteiger partial charge is 0.350 e. The van der Waals surface area contributed by atoms with Crippen LogP contribution in [0.5, 0.6) is 0 Å². The molecule has 21 heavy (non-hydrogen) atoms. The van der Waals surface area contributed by atoms with Crippen LogP contribution in [-0.2, 0) is 14.3 Å². The number of hydrogen-bond donors (Lipinski definition) is 1. The number of benzene rings is 1. The molecule has 0 bridgehead atoms. The van der Waals surface area contributed by atoms with Crippen LogP contribution in [0, 0.1) is 0 Å². The summed E-state index contributed by atoms with van der Waals surface area (Å²) < 4.78 is 10.2. The third-order valence-corrected chi connectivity index (χ3v) is 2.93. The molecule has 2 N–H and O–H groups in total. The Morgan fingerprint density at radius 2 is 2.05 bits per heavy atom. The first-order valence-corrected chi connectivity index (χ1v) is 6.72. The number of carbonyl (C=O) groups excluding carboxylic acids is 2. The van der Waals surface area contributed by atoms with E-state index in [9.17, 15) is 9.59 Å². The van der Waals surface area contributed by atoms with E-state index in [1.165, 1.54) is 26.0 Å². The molecule has 0 unspecified atom stereocenters. The number of nitrogens with two attached hydrogens (primary N) is 1. The van der Waals surface area contributed by atoms with Gasteiger partial charge < -0.3 is 15.2 Å². The average Bonchev–Trinajstić information content (AvgIpc) is 2.41. The van der Waals surface area contributed by atoms with Gasteiger partial charge >= 0.3 is 11.9 Å². The topological polar surface area (TPSA) is 78.6 Å². The number of hydrogen-bond acceptors (Lipinski definition) is 5. The zero-order chi connectivity index (χ0) is 16.0. The first-order chi connectivity index (χ1) is 9.77. The molecule has 0 saturated heterocycles. The maximum Gasteiger partial charge on any atom is 0.350 e. The Kier molecular flexibility index (Phi) is 5.79. The SMILES string of the molecule is CC=CCOC(=O)C(C)(C)OC(=O)c1cc(N)ccc1Cl. The fourth-order valence-electron chi connectivity index (χ4n) is 1.42. The second kappa shape index (κ2) is 7.13. The molecule has 0 amide bonds. The summed E-state index contributed by atoms with van der Waals surface area (Å²) in [4.78, 5) is 24.0. The molecule has 0 aliphatic heterocycles. The molecule has 0 spiro atoms. The Balaban J connectivity index is 2.80. The van der Waals surface area contributed by atoms with Crippen LogP contribution in [0.3, 0.4) is 0 Å². The molecular weight excluding hydrogens is 294 g/mol. The van der Waals surface area contributed by atoms with Crippen LogP contribution in [-0.4, -0.2) is 24.1 Å². The number of rotatable bonds is 5. The highest BCUT2D eigenvalue weighted by Crippen LogP contribution is 2.22. The standard InChI is InChI=1S/C15H18ClNO4/c1-4-5-8-20-14(19)15(2,3)21-13(18)11-9-10(17)6-7-12(11)16/h4-7,9H,8,17H2,1-3H3. The lowest BCUT2D eigenvalue weighted by Crippen LogP contribution is -2.39. The van der Waals surface area contributed by atoms with E-state index in [4.69, 9.17) is 26.8 Å². The molecule has 0 fully saturated rings. The summed E-state index contributed by atoms with van der Waals surface area (Å²) in [6, 6.07) is 4.45. The summed E-state index contributed by atoms with van der Waals surface area (Å²) in [5.74, 6) is -1.38. The van der Waals surface area contributed by atoms with Crippen molar-refractivity contribution in [3.63, 3.8) is 0 Å². The van der Waals surface area contributed by atoms with E-state index >= 15 is 0 Å². The molecule has 0 aliphatic rings. The van der Waals surface area contributed by atoms with Gasteiger partial charge in [-0.25, -0.2) is 9.59 Å². The Labute approximate surface area is 128 Å². The summed E-state index contributed by atoms with van der Waals surface area (Å²) >= 11 is 5.92. The van der Waals surface area contributed by atoms with Crippen molar-refractivity contribution >= 4 is 29.2 Å². The van der Waals surface area contributed by atoms with E-state index in [0.717, 1.165) is 0 Å². The van der Waals surface area contributed by atoms with Gasteiger partial charge in [-0.05, 0) is 39.0 Å². The van der Waals surface area contributed by atoms with E-state index in [-0.39, 0.29) is 17.2 Å². The van der Waals surface area contributed by atoms with E-state index in [2.05, 4.69) is 0 Å². The van der Waals surface area contributed by atoms with Gasteiger partial charge in [0.25, 0.3) is 0 Å². The molecule has 0 radical (unpaired) electrons. The molecule has 5 nitrogen and oxygen atoms in total. The van der Waals surface area contributed by atoms with Crippen LogP contribution in [0.4, 0.5) is 5.69 Å². The Hall–Kier alpha value is -2.01. The summed E-state index contributed by atoms with van der Waals surface area (Å²) in [7, 11) is 0. The van der Waals surface area contributed by atoms with Gasteiger partial charge in [0.05, 0.1) is 10.6 Å². The van der Waals surface area contributed by atoms with Crippen LogP contribution in [0.2, 0.25) is 5.02 Å². The molecule has 1 aromatic rings. The quantitative estimate of drug-likeness (QED) is 0.514. The fourth-order valence-corrected chi connectivity index (χ4v) is 1.62. The van der Waals surface area contributed by atoms with Crippen LogP contribution in [0.15, 0.2) is 30.4 Å². The molecule has 6 heteroatoms. The molecule has 114 valence electrons. The number of ether oxygens (including phenoxy) is 2. The van der Waals surface area contributed by atoms with Crippen molar-refractivity contribution in [2.45, 2.75) is 26.4 Å². The van der Waals surface area contributed by atoms with Crippen molar-refractivity contribution in [1.82, 2.24) is 0 Å². The lowest BCUT2D eigenvalue weighted by molar-refractivity contribution is -0.161. The van der Waals surface area contributed by atoms with E-state index in [1.807, 2.05) is 0 Å². The van der Waals surface area contributed by atoms with Gasteiger partial charge in [-0.15, -0.1) is 0 Å². The van der Waals surface area contributed by atoms with Crippen molar-refractivity contribution in [3.8, 4) is 0 Å². The lowest BCUT2D eigenvalue weighted by atomic mass is 10.1. The highest BCUT2D eigenvalue weighted by molar-refractivity contribution is 6.33. The summed E-state index contributed by atoms with van der Waals surface area (Å²) in [6.07, 6.45) is 3.42. The van der Waals surface area contributed by atoms with Crippen LogP contribution >= 0.6 is 11.6 Å². The lowest BCUT2D eigenvalue weighted by Gasteiger charge is -2.23. The van der Waals surface area contributed by atoms with Crippen molar-refractivity contribution in [3.05, 3.63) is 40.9 Å². The van der Waals surface area contributed by atoms with Crippen LogP contribution in [0.25, 0.3) is 0 Å². The first kappa shape index (κ1) is 17.0. The second-order valence-electron chi connectivity index (χ2n) is 4.81. The third-order valence-electron chi connectivity index (χ3n) is 2.60. The molecule has 0 atom stereocenters. The maximum atomic E-state index is 12.1. The molecule has 1 rings (SSSR count). The highest BCUT2D eigenvalue weighted by Gasteiger charge is 2.34. The van der Waals surface area contributed by atoms with Crippen LogP contribution in [0.1, 0.15) is 31.1 Å². The van der Waals surface area contributed by atoms with Gasteiger partial charge in [-0.3, -0.25) is 0 Å². The Morgan fingerprint density at radius 1 is 1.38 bits per heavy atom. The van der Waals surface area contributed by atoms with Gasteiger partial charge in [0.1, 0.15) is 6.61 Å². The maximum absolute atomic E-state index is 12.1. The van der Waals surface area contributed by atoms with Gasteiger partial charge in [0.15, 0.2) is 0 Å². The molecule has 0 saturated carbocycles. The highest BCUT2D eigenvalue weighted by atomic mass is 35.5. The number of allylic oxidation sites excluding steroid dienone is 1. The second-order valence-corrected chi connectivity index (χ2v) is 5.21. The minimum atomic E-state index is -1.42. The van der Waals surface area contributed by atoms with E-state index < -0.39 is 17.5 Å². The van der Waals surface area contributed by atoms with Gasteiger partial charge in [-0.1, -0.05) is 23.8 Å². The number of carbonyl (C=O) groups is 2. The zero-order valence-corrected chi connectivity index (χ0v) is 12.9. The van der Waals surface area contributed by atoms with Gasteiger partial charge in [0.2, 0.25) is 5.60 Å². The average molecular weight is 312 g/mol. The van der Waals surface area contributed by atoms with Crippen molar-refractivity contribution in [2.24, 2.45) is 0 Å². The van der Waals surface area contributed by atoms with Crippen molar-refractivity contribution < 1.29 is 19.1 Å². The Bertz CT molecular complexity index is 567. The number of halogens is 1. The van der Waals surface area contributed by atoms with E-state index in [1.54, 1.807) is 25.1 Å². The molecule has 0 heterocycles. The fraction of sp³-hybridized carbons (Fsp3) is 0.333. The number of nitrogen functional groups attached to an aromatic ring is 1. The summed E-state index contributed by atoms with van der Waals surface area (Å²) in [5, 5.41) is 0.201. The molecule has 1 aromatic carbocycles. The predicted octanol–water partition coefficient (Wildman–Crippen LogP) is 2.98. The first-order valence-electron chi connectivity index (χ1n) is 6.34. The summed E-state index contributed by atoms with van der Waals surface area (Å²) in [6.45, 7) is 4.82. The number of esters is 2. The minimum Gasteiger partial charge on any atom is -0.459 e. The van der Waals surface area contributed by atoms with Gasteiger partial charge in [0, 0.05) is 5.69 Å². The van der Waals surface area contributed by atoms with Crippen molar-refractivity contribution in [1.29, 1.82) is 0 Å². The minimum absolute atomic E-state index is 0.103. The molecule has 0 aliphatic carbocycles. The Morgan fingerprint density at radius 3 is 2.67 bits per heavy atom.